The van der Waals surface area contributed by atoms with E-state index in [1.54, 1.807) is 18.2 Å². The van der Waals surface area contributed by atoms with Crippen molar-refractivity contribution < 1.29 is 24.3 Å². The largest absolute Gasteiger partial charge is 0.507 e. The van der Waals surface area contributed by atoms with Gasteiger partial charge >= 0.3 is 0 Å². The Kier molecular flexibility index (Phi) is 8.73. The number of phenols is 1. The predicted molar refractivity (Wildman–Crippen MR) is 217 cm³/mol. The van der Waals surface area contributed by atoms with Gasteiger partial charge in [0.1, 0.15) is 5.75 Å². The number of para-hydroxylation sites is 2. The van der Waals surface area contributed by atoms with Gasteiger partial charge in [-0.25, -0.2) is 0 Å². The van der Waals surface area contributed by atoms with Crippen molar-refractivity contribution in [2.24, 2.45) is 23.7 Å². The highest BCUT2D eigenvalue weighted by molar-refractivity contribution is 6.32. The minimum atomic E-state index is -1.43. The molecule has 7 nitrogen and oxygen atoms in total. The van der Waals surface area contributed by atoms with Gasteiger partial charge in [-0.1, -0.05) is 115 Å². The third kappa shape index (κ3) is 5.41. The second kappa shape index (κ2) is 13.9. The number of amides is 2. The van der Waals surface area contributed by atoms with E-state index in [-0.39, 0.29) is 42.0 Å². The maximum absolute atomic E-state index is 15.3. The highest BCUT2D eigenvalue weighted by Gasteiger charge is 2.66. The van der Waals surface area contributed by atoms with E-state index < -0.39 is 35.0 Å². The van der Waals surface area contributed by atoms with Crippen molar-refractivity contribution in [1.29, 1.82) is 0 Å². The molecule has 3 aliphatic carbocycles. The molecule has 1 saturated heterocycles. The number of carbonyl (C=O) groups is 4. The van der Waals surface area contributed by atoms with Crippen LogP contribution in [0.2, 0.25) is 0 Å². The first-order chi connectivity index (χ1) is 27.3. The third-order valence-electron chi connectivity index (χ3n) is 12.4. The van der Waals surface area contributed by atoms with Gasteiger partial charge in [0.15, 0.2) is 11.6 Å². The third-order valence-corrected chi connectivity index (χ3v) is 12.4. The van der Waals surface area contributed by atoms with Gasteiger partial charge in [0.2, 0.25) is 11.8 Å². The Morgan fingerprint density at radius 3 is 2.11 bits per heavy atom. The van der Waals surface area contributed by atoms with E-state index >= 15 is 9.59 Å². The van der Waals surface area contributed by atoms with Crippen molar-refractivity contribution >= 4 is 46.0 Å². The number of nitrogens with one attached hydrogen (secondary N) is 1. The molecule has 6 atom stereocenters. The van der Waals surface area contributed by atoms with E-state index in [0.29, 0.717) is 39.9 Å². The van der Waals surface area contributed by atoms with Crippen LogP contribution in [-0.2, 0) is 31.0 Å². The van der Waals surface area contributed by atoms with Crippen LogP contribution in [0.15, 0.2) is 164 Å². The summed E-state index contributed by atoms with van der Waals surface area (Å²) in [5, 5.41) is 15.4. The number of nitrogens with zero attached hydrogens (tertiary/aromatic N) is 1. The van der Waals surface area contributed by atoms with Crippen LogP contribution in [0.4, 0.5) is 17.1 Å². The fourth-order valence-electron chi connectivity index (χ4n) is 10.0. The fourth-order valence-corrected chi connectivity index (χ4v) is 10.0. The van der Waals surface area contributed by atoms with Gasteiger partial charge in [-0.05, 0) is 84.3 Å². The molecule has 2 N–H and O–H groups in total. The number of rotatable bonds is 8. The topological polar surface area (TPSA) is 104 Å². The molecular formula is C49H40N2O5. The number of fused-ring (bicyclic) bond motifs is 4. The molecule has 0 radical (unpaired) electrons. The summed E-state index contributed by atoms with van der Waals surface area (Å²) >= 11 is 0. The number of hydrogen-bond acceptors (Lipinski definition) is 6. The summed E-state index contributed by atoms with van der Waals surface area (Å²) in [6.07, 6.45) is 6.10. The highest BCUT2D eigenvalue weighted by Crippen LogP contribution is 2.64. The van der Waals surface area contributed by atoms with Crippen molar-refractivity contribution in [1.82, 2.24) is 0 Å². The minimum Gasteiger partial charge on any atom is -0.507 e. The molecule has 0 spiro atoms. The second-order valence-corrected chi connectivity index (χ2v) is 15.2. The second-order valence-electron chi connectivity index (χ2n) is 15.2. The fraction of sp³-hybridized carbons (Fsp3) is 0.184. The van der Waals surface area contributed by atoms with Gasteiger partial charge in [-0.3, -0.25) is 24.1 Å². The summed E-state index contributed by atoms with van der Waals surface area (Å²) < 4.78 is 0. The Balaban J connectivity index is 1.19. The maximum atomic E-state index is 15.3. The van der Waals surface area contributed by atoms with Gasteiger partial charge in [0.25, 0.3) is 0 Å². The summed E-state index contributed by atoms with van der Waals surface area (Å²) in [6, 6.07) is 41.1. The molecule has 1 saturated carbocycles. The van der Waals surface area contributed by atoms with E-state index in [0.717, 1.165) is 16.9 Å². The van der Waals surface area contributed by atoms with Crippen LogP contribution in [0.3, 0.4) is 0 Å². The van der Waals surface area contributed by atoms with Crippen LogP contribution in [-0.4, -0.2) is 28.5 Å². The monoisotopic (exact) mass is 736 g/mol. The average molecular weight is 737 g/mol. The van der Waals surface area contributed by atoms with Crippen molar-refractivity contribution in [3.63, 3.8) is 0 Å². The Morgan fingerprint density at radius 1 is 0.750 bits per heavy atom. The number of aromatic hydroxyl groups is 1. The molecule has 2 fully saturated rings. The normalized spacial score (nSPS) is 25.4. The smallest absolute Gasteiger partial charge is 0.238 e. The molecule has 4 aliphatic rings. The SMILES string of the molecule is C=CCc1cccc(C2C3=CCC4C(=O)N(c5ccc(Nc6ccccc6)cc5)C(=O)C4C3CC3C(=O)C(c4ccccc4)=CC(=O)C32c2ccccc2)c1O. The lowest BCUT2D eigenvalue weighted by Gasteiger charge is -2.55. The van der Waals surface area contributed by atoms with Crippen molar-refractivity contribution in [3.05, 3.63) is 186 Å². The molecule has 0 aromatic heterocycles. The molecule has 6 unspecified atom stereocenters. The summed E-state index contributed by atoms with van der Waals surface area (Å²) in [4.78, 5) is 60.9. The Bertz CT molecular complexity index is 2460. The number of anilines is 3. The first-order valence-corrected chi connectivity index (χ1v) is 19.2. The zero-order valence-electron chi connectivity index (χ0n) is 30.7. The van der Waals surface area contributed by atoms with Crippen LogP contribution in [0.5, 0.6) is 5.75 Å². The highest BCUT2D eigenvalue weighted by atomic mass is 16.3. The number of benzene rings is 5. The molecule has 1 heterocycles. The van der Waals surface area contributed by atoms with Gasteiger partial charge in [0.05, 0.1) is 22.9 Å². The summed E-state index contributed by atoms with van der Waals surface area (Å²) in [5.41, 5.74) is 4.39. The lowest BCUT2D eigenvalue weighted by molar-refractivity contribution is -0.135. The molecule has 276 valence electrons. The summed E-state index contributed by atoms with van der Waals surface area (Å²) in [6.45, 7) is 3.89. The molecule has 9 rings (SSSR count). The Morgan fingerprint density at radius 2 is 1.41 bits per heavy atom. The molecule has 56 heavy (non-hydrogen) atoms. The van der Waals surface area contributed by atoms with Crippen LogP contribution in [0.1, 0.15) is 41.0 Å². The number of allylic oxidation sites excluding steroid dienone is 5. The quantitative estimate of drug-likeness (QED) is 0.122. The molecule has 1 aliphatic heterocycles. The number of phenolic OH excluding ortho intramolecular Hbond substituents is 1. The lowest BCUT2D eigenvalue weighted by Crippen LogP contribution is -2.58. The molecular weight excluding hydrogens is 697 g/mol. The molecule has 0 bridgehead atoms. The van der Waals surface area contributed by atoms with Crippen molar-refractivity contribution in [3.8, 4) is 5.75 Å². The van der Waals surface area contributed by atoms with Gasteiger partial charge in [0, 0.05) is 34.3 Å². The minimum absolute atomic E-state index is 0.0351. The average Bonchev–Trinajstić information content (AvgIpc) is 3.49. The first-order valence-electron chi connectivity index (χ1n) is 19.2. The van der Waals surface area contributed by atoms with E-state index in [4.69, 9.17) is 0 Å². The maximum Gasteiger partial charge on any atom is 0.238 e. The number of ketones is 2. The van der Waals surface area contributed by atoms with Crippen LogP contribution >= 0.6 is 0 Å². The predicted octanol–water partition coefficient (Wildman–Crippen LogP) is 8.89. The van der Waals surface area contributed by atoms with E-state index in [1.807, 2.05) is 127 Å². The number of Topliss-reactive ketones (excluding diaryl/α,β-unsaturated/α-hetero) is 1. The first kappa shape index (κ1) is 35.1. The molecule has 7 heteroatoms. The summed E-state index contributed by atoms with van der Waals surface area (Å²) in [5.74, 6) is -4.62. The number of hydrogen-bond donors (Lipinski definition) is 2. The standard InChI is InChI=1S/C49H40N2O5/c1-2-13-31-16-12-21-38(45(31)53)44-36-26-27-37-43(48(56)51(47(37)55)35-24-22-34(23-25-35)50-33-19-10-5-11-20-33)40(36)28-41-46(54)39(30-14-6-3-7-15-30)29-42(52)49(41,44)32-17-8-4-9-18-32/h2-12,14-26,29,37,40-41,43-44,50,53H,1,13,27-28H2. The van der Waals surface area contributed by atoms with E-state index in [9.17, 15) is 14.7 Å². The van der Waals surface area contributed by atoms with Crippen LogP contribution in [0.25, 0.3) is 5.57 Å². The zero-order chi connectivity index (χ0) is 38.6. The number of carbonyl (C=O) groups excluding carboxylic acids is 4. The molecule has 2 amide bonds. The van der Waals surface area contributed by atoms with Crippen LogP contribution < -0.4 is 10.2 Å². The van der Waals surface area contributed by atoms with Gasteiger partial charge in [-0.2, -0.15) is 0 Å². The lowest BCUT2D eigenvalue weighted by atomic mass is 9.44. The zero-order valence-corrected chi connectivity index (χ0v) is 30.7. The van der Waals surface area contributed by atoms with E-state index in [1.165, 1.54) is 11.0 Å². The Hall–Kier alpha value is -6.60. The molecule has 5 aromatic rings. The van der Waals surface area contributed by atoms with E-state index in [2.05, 4.69) is 11.9 Å². The molecule has 5 aromatic carbocycles. The van der Waals surface area contributed by atoms with Crippen molar-refractivity contribution in [2.45, 2.75) is 30.6 Å². The number of imide groups is 1. The summed E-state index contributed by atoms with van der Waals surface area (Å²) in [7, 11) is 0. The Labute approximate surface area is 325 Å². The van der Waals surface area contributed by atoms with Crippen molar-refractivity contribution in [2.75, 3.05) is 10.2 Å². The van der Waals surface area contributed by atoms with Gasteiger partial charge in [-0.15, -0.1) is 6.58 Å². The van der Waals surface area contributed by atoms with Crippen LogP contribution in [0, 0.1) is 23.7 Å². The van der Waals surface area contributed by atoms with Gasteiger partial charge < -0.3 is 10.4 Å².